The molecule has 1 aliphatic rings. The number of hydrogen-bond acceptors (Lipinski definition) is 6. The molecule has 2 aromatic rings. The number of sulfonamides is 1. The van der Waals surface area contributed by atoms with E-state index in [-0.39, 0.29) is 23.2 Å². The van der Waals surface area contributed by atoms with Crippen molar-refractivity contribution in [2.45, 2.75) is 30.3 Å². The first-order valence-electron chi connectivity index (χ1n) is 7.43. The lowest BCUT2D eigenvalue weighted by atomic mass is 10.2. The zero-order valence-corrected chi connectivity index (χ0v) is 14.6. The van der Waals surface area contributed by atoms with E-state index >= 15 is 0 Å². The molecule has 1 heterocycles. The molecule has 3 rings (SSSR count). The number of thiazole rings is 1. The van der Waals surface area contributed by atoms with Crippen LogP contribution in [0.25, 0.3) is 0 Å². The summed E-state index contributed by atoms with van der Waals surface area (Å²) in [7, 11) is -3.55. The number of carboxylic acids is 1. The van der Waals surface area contributed by atoms with Crippen LogP contribution >= 0.6 is 11.3 Å². The summed E-state index contributed by atoms with van der Waals surface area (Å²) in [6.07, 6.45) is 1.69. The lowest BCUT2D eigenvalue weighted by Gasteiger charge is -2.07. The fraction of sp³-hybridized carbons (Fsp3) is 0.267. The van der Waals surface area contributed by atoms with E-state index < -0.39 is 21.9 Å². The number of aromatic nitrogens is 1. The first-order valence-corrected chi connectivity index (χ1v) is 9.80. The highest BCUT2D eigenvalue weighted by molar-refractivity contribution is 7.89. The highest BCUT2D eigenvalue weighted by Gasteiger charge is 2.27. The third kappa shape index (κ3) is 4.41. The molecule has 0 saturated heterocycles. The number of amides is 1. The summed E-state index contributed by atoms with van der Waals surface area (Å²) in [6.45, 7) is 0.0973. The Morgan fingerprint density at radius 2 is 1.92 bits per heavy atom. The van der Waals surface area contributed by atoms with E-state index in [1.165, 1.54) is 29.6 Å². The Morgan fingerprint density at radius 3 is 2.48 bits per heavy atom. The Hall–Kier alpha value is -2.30. The van der Waals surface area contributed by atoms with Gasteiger partial charge in [-0.1, -0.05) is 0 Å². The molecule has 8 nitrogen and oxygen atoms in total. The van der Waals surface area contributed by atoms with Crippen LogP contribution in [0.15, 0.2) is 34.5 Å². The molecule has 1 fully saturated rings. The van der Waals surface area contributed by atoms with Gasteiger partial charge in [0.15, 0.2) is 5.69 Å². The summed E-state index contributed by atoms with van der Waals surface area (Å²) < 4.78 is 26.7. The minimum Gasteiger partial charge on any atom is -0.476 e. The van der Waals surface area contributed by atoms with Crippen molar-refractivity contribution in [1.29, 1.82) is 0 Å². The van der Waals surface area contributed by atoms with Crippen molar-refractivity contribution >= 4 is 33.2 Å². The Kier molecular flexibility index (Phi) is 4.84. The second-order valence-electron chi connectivity index (χ2n) is 5.53. The van der Waals surface area contributed by atoms with Gasteiger partial charge in [0.05, 0.1) is 11.4 Å². The van der Waals surface area contributed by atoms with Gasteiger partial charge in [0, 0.05) is 17.0 Å². The quantitative estimate of drug-likeness (QED) is 0.662. The molecule has 3 N–H and O–H groups in total. The smallest absolute Gasteiger partial charge is 0.355 e. The van der Waals surface area contributed by atoms with E-state index in [0.717, 1.165) is 24.2 Å². The fourth-order valence-electron chi connectivity index (χ4n) is 2.02. The maximum atomic E-state index is 12.1. The zero-order chi connectivity index (χ0) is 18.0. The molecular weight excluding hydrogens is 366 g/mol. The Balaban J connectivity index is 1.61. The van der Waals surface area contributed by atoms with Crippen molar-refractivity contribution in [3.05, 3.63) is 45.9 Å². The third-order valence-corrected chi connectivity index (χ3v) is 5.88. The van der Waals surface area contributed by atoms with Crippen LogP contribution in [0.1, 0.15) is 38.7 Å². The standard InChI is InChI=1S/C15H15N3O5S2/c19-14(16-7-13-17-12(8-24-13)15(20)21)9-1-5-11(6-2-9)25(22,23)18-10-3-4-10/h1-2,5-6,8,10,18H,3-4,7H2,(H,16,19)(H,20,21). The average Bonchev–Trinajstić information content (AvgIpc) is 3.24. The Labute approximate surface area is 148 Å². The molecule has 0 bridgehead atoms. The molecule has 1 saturated carbocycles. The molecular formula is C15H15N3O5S2. The molecule has 25 heavy (non-hydrogen) atoms. The number of carbonyl (C=O) groups is 2. The van der Waals surface area contributed by atoms with E-state index in [9.17, 15) is 18.0 Å². The van der Waals surface area contributed by atoms with Gasteiger partial charge in [-0.15, -0.1) is 11.3 Å². The van der Waals surface area contributed by atoms with E-state index in [2.05, 4.69) is 15.0 Å². The summed E-state index contributed by atoms with van der Waals surface area (Å²) in [5.41, 5.74) is 0.243. The van der Waals surface area contributed by atoms with Gasteiger partial charge in [-0.25, -0.2) is 22.9 Å². The first kappa shape index (κ1) is 17.5. The van der Waals surface area contributed by atoms with Gasteiger partial charge in [0.25, 0.3) is 5.91 Å². The molecule has 1 aromatic heterocycles. The number of aromatic carboxylic acids is 1. The second-order valence-corrected chi connectivity index (χ2v) is 8.19. The van der Waals surface area contributed by atoms with Crippen LogP contribution in [-0.2, 0) is 16.6 Å². The monoisotopic (exact) mass is 381 g/mol. The normalized spacial score (nSPS) is 14.2. The average molecular weight is 381 g/mol. The highest BCUT2D eigenvalue weighted by atomic mass is 32.2. The minimum atomic E-state index is -3.55. The summed E-state index contributed by atoms with van der Waals surface area (Å²) in [4.78, 5) is 26.8. The van der Waals surface area contributed by atoms with E-state index in [4.69, 9.17) is 5.11 Å². The van der Waals surface area contributed by atoms with Crippen LogP contribution in [0.2, 0.25) is 0 Å². The van der Waals surface area contributed by atoms with Crippen LogP contribution in [0.5, 0.6) is 0 Å². The van der Waals surface area contributed by atoms with Gasteiger partial charge in [-0.05, 0) is 37.1 Å². The maximum absolute atomic E-state index is 12.1. The van der Waals surface area contributed by atoms with Crippen molar-refractivity contribution < 1.29 is 23.1 Å². The number of nitrogens with one attached hydrogen (secondary N) is 2. The van der Waals surface area contributed by atoms with Crippen LogP contribution in [0, 0.1) is 0 Å². The number of carboxylic acid groups (broad SMARTS) is 1. The van der Waals surface area contributed by atoms with Crippen LogP contribution in [-0.4, -0.2) is 36.4 Å². The largest absolute Gasteiger partial charge is 0.476 e. The van der Waals surface area contributed by atoms with E-state index in [1.54, 1.807) is 0 Å². The molecule has 1 aromatic carbocycles. The van der Waals surface area contributed by atoms with E-state index in [0.29, 0.717) is 10.6 Å². The van der Waals surface area contributed by atoms with Crippen molar-refractivity contribution in [2.75, 3.05) is 0 Å². The van der Waals surface area contributed by atoms with Crippen LogP contribution in [0.3, 0.4) is 0 Å². The van der Waals surface area contributed by atoms with Gasteiger partial charge in [0.2, 0.25) is 10.0 Å². The van der Waals surface area contributed by atoms with E-state index in [1.807, 2.05) is 0 Å². The Morgan fingerprint density at radius 1 is 1.24 bits per heavy atom. The van der Waals surface area contributed by atoms with Crippen molar-refractivity contribution in [1.82, 2.24) is 15.0 Å². The van der Waals surface area contributed by atoms with Crippen molar-refractivity contribution in [3.8, 4) is 0 Å². The fourth-order valence-corrected chi connectivity index (χ4v) is 4.04. The minimum absolute atomic E-state index is 0.0157. The lowest BCUT2D eigenvalue weighted by molar-refractivity contribution is 0.0691. The van der Waals surface area contributed by atoms with Gasteiger partial charge in [-0.2, -0.15) is 0 Å². The van der Waals surface area contributed by atoms with Crippen LogP contribution in [0.4, 0.5) is 0 Å². The number of hydrogen-bond donors (Lipinski definition) is 3. The lowest BCUT2D eigenvalue weighted by Crippen LogP contribution is -2.26. The number of rotatable bonds is 7. The van der Waals surface area contributed by atoms with Gasteiger partial charge >= 0.3 is 5.97 Å². The molecule has 0 atom stereocenters. The Bertz CT molecular complexity index is 902. The molecule has 1 aliphatic carbocycles. The summed E-state index contributed by atoms with van der Waals surface area (Å²) in [5.74, 6) is -1.52. The number of benzene rings is 1. The summed E-state index contributed by atoms with van der Waals surface area (Å²) >= 11 is 1.14. The predicted octanol–water partition coefficient (Wildman–Crippen LogP) is 1.21. The second kappa shape index (κ2) is 6.90. The summed E-state index contributed by atoms with van der Waals surface area (Å²) in [5, 5.41) is 13.3. The molecule has 0 radical (unpaired) electrons. The van der Waals surface area contributed by atoms with Gasteiger partial charge in [0.1, 0.15) is 5.01 Å². The van der Waals surface area contributed by atoms with Gasteiger partial charge < -0.3 is 10.4 Å². The molecule has 132 valence electrons. The molecule has 0 aliphatic heterocycles. The molecule has 0 spiro atoms. The highest BCUT2D eigenvalue weighted by Crippen LogP contribution is 2.22. The van der Waals surface area contributed by atoms with Crippen LogP contribution < -0.4 is 10.0 Å². The molecule has 10 heteroatoms. The van der Waals surface area contributed by atoms with Crippen molar-refractivity contribution in [2.24, 2.45) is 0 Å². The zero-order valence-electron chi connectivity index (χ0n) is 12.9. The summed E-state index contributed by atoms with van der Waals surface area (Å²) in [6, 6.07) is 5.64. The molecule has 1 amide bonds. The predicted molar refractivity (Wildman–Crippen MR) is 90.0 cm³/mol. The van der Waals surface area contributed by atoms with Gasteiger partial charge in [-0.3, -0.25) is 4.79 Å². The first-order chi connectivity index (χ1) is 11.8. The maximum Gasteiger partial charge on any atom is 0.355 e. The number of nitrogens with zero attached hydrogens (tertiary/aromatic N) is 1. The SMILES string of the molecule is O=C(NCc1nc(C(=O)O)cs1)c1ccc(S(=O)(=O)NC2CC2)cc1. The molecule has 0 unspecified atom stereocenters. The topological polar surface area (TPSA) is 125 Å². The number of carbonyl (C=O) groups excluding carboxylic acids is 1. The van der Waals surface area contributed by atoms with Crippen molar-refractivity contribution in [3.63, 3.8) is 0 Å². The third-order valence-electron chi connectivity index (χ3n) is 3.50.